The van der Waals surface area contributed by atoms with E-state index in [9.17, 15) is 4.79 Å². The third-order valence-corrected chi connectivity index (χ3v) is 3.72. The molecular formula is C15H19NO3. The van der Waals surface area contributed by atoms with Crippen LogP contribution < -0.4 is 9.64 Å². The molecule has 102 valence electrons. The molecule has 4 heteroatoms. The fourth-order valence-corrected chi connectivity index (χ4v) is 2.71. The van der Waals surface area contributed by atoms with Crippen molar-refractivity contribution in [2.24, 2.45) is 5.92 Å². The molecule has 4 nitrogen and oxygen atoms in total. The average molecular weight is 261 g/mol. The minimum atomic E-state index is -0.00124. The minimum absolute atomic E-state index is 0.00124. The van der Waals surface area contributed by atoms with E-state index in [1.807, 2.05) is 36.9 Å². The van der Waals surface area contributed by atoms with Crippen LogP contribution in [0.1, 0.15) is 18.9 Å². The maximum Gasteiger partial charge on any atom is 0.232 e. The van der Waals surface area contributed by atoms with Gasteiger partial charge in [0.25, 0.3) is 0 Å². The summed E-state index contributed by atoms with van der Waals surface area (Å²) < 4.78 is 11.1. The molecule has 2 heterocycles. The van der Waals surface area contributed by atoms with Gasteiger partial charge in [0.2, 0.25) is 5.91 Å². The highest BCUT2D eigenvalue weighted by molar-refractivity contribution is 5.97. The number of hydrogen-bond acceptors (Lipinski definition) is 3. The van der Waals surface area contributed by atoms with Gasteiger partial charge in [0, 0.05) is 6.61 Å². The summed E-state index contributed by atoms with van der Waals surface area (Å²) in [5.41, 5.74) is 2.03. The Kier molecular flexibility index (Phi) is 3.19. The quantitative estimate of drug-likeness (QED) is 0.777. The number of fused-ring (bicyclic) bond motifs is 1. The Morgan fingerprint density at radius 3 is 3.00 bits per heavy atom. The lowest BCUT2D eigenvalue weighted by Crippen LogP contribution is -2.45. The van der Waals surface area contributed by atoms with Crippen molar-refractivity contribution >= 4 is 11.6 Å². The standard InChI is InChI=1S/C15H19NO3/c1-10-3-4-14-13(7-10)16(8-11(2)19-14)15(17)12-5-6-18-9-12/h3-4,7,11-12H,5-6,8-9H2,1-2H3/t11-,12+/m1/s1. The van der Waals surface area contributed by atoms with Crippen molar-refractivity contribution in [3.05, 3.63) is 23.8 Å². The summed E-state index contributed by atoms with van der Waals surface area (Å²) >= 11 is 0. The van der Waals surface area contributed by atoms with E-state index in [1.165, 1.54) is 0 Å². The Morgan fingerprint density at radius 2 is 2.26 bits per heavy atom. The van der Waals surface area contributed by atoms with E-state index >= 15 is 0 Å². The van der Waals surface area contributed by atoms with Crippen LogP contribution in [0.5, 0.6) is 5.75 Å². The molecule has 1 fully saturated rings. The molecule has 2 aliphatic heterocycles. The van der Waals surface area contributed by atoms with Crippen LogP contribution >= 0.6 is 0 Å². The van der Waals surface area contributed by atoms with Crippen molar-refractivity contribution in [3.8, 4) is 5.75 Å². The molecule has 1 saturated heterocycles. The van der Waals surface area contributed by atoms with E-state index in [1.54, 1.807) is 0 Å². The predicted molar refractivity (Wildman–Crippen MR) is 72.5 cm³/mol. The van der Waals surface area contributed by atoms with Gasteiger partial charge in [-0.15, -0.1) is 0 Å². The molecule has 1 amide bonds. The molecule has 0 N–H and O–H groups in total. The third kappa shape index (κ3) is 2.32. The summed E-state index contributed by atoms with van der Waals surface area (Å²) in [6.45, 7) is 5.88. The largest absolute Gasteiger partial charge is 0.487 e. The Hall–Kier alpha value is -1.55. The Morgan fingerprint density at radius 1 is 1.42 bits per heavy atom. The van der Waals surface area contributed by atoms with Crippen molar-refractivity contribution in [1.29, 1.82) is 0 Å². The minimum Gasteiger partial charge on any atom is -0.487 e. The molecule has 1 aromatic carbocycles. The zero-order valence-electron chi connectivity index (χ0n) is 11.4. The summed E-state index contributed by atoms with van der Waals surface area (Å²) in [5.74, 6) is 0.967. The van der Waals surface area contributed by atoms with Gasteiger partial charge in [0.05, 0.1) is 24.8 Å². The van der Waals surface area contributed by atoms with Crippen molar-refractivity contribution in [2.45, 2.75) is 26.4 Å². The number of anilines is 1. The van der Waals surface area contributed by atoms with Gasteiger partial charge in [-0.05, 0) is 38.0 Å². The number of hydrogen-bond donors (Lipinski definition) is 0. The summed E-state index contributed by atoms with van der Waals surface area (Å²) in [5, 5.41) is 0. The van der Waals surface area contributed by atoms with Crippen LogP contribution in [0.3, 0.4) is 0 Å². The molecule has 0 aliphatic carbocycles. The second-order valence-electron chi connectivity index (χ2n) is 5.41. The Balaban J connectivity index is 1.93. The molecule has 0 bridgehead atoms. The van der Waals surface area contributed by atoms with Crippen LogP contribution in [0.2, 0.25) is 0 Å². The number of rotatable bonds is 1. The first-order valence-electron chi connectivity index (χ1n) is 6.81. The zero-order valence-corrected chi connectivity index (χ0v) is 11.4. The van der Waals surface area contributed by atoms with Crippen LogP contribution in [-0.2, 0) is 9.53 Å². The van der Waals surface area contributed by atoms with Crippen LogP contribution in [0.25, 0.3) is 0 Å². The van der Waals surface area contributed by atoms with Crippen molar-refractivity contribution in [1.82, 2.24) is 0 Å². The van der Waals surface area contributed by atoms with Gasteiger partial charge in [0.1, 0.15) is 11.9 Å². The zero-order chi connectivity index (χ0) is 13.4. The van der Waals surface area contributed by atoms with E-state index in [0.29, 0.717) is 19.8 Å². The first-order chi connectivity index (χ1) is 9.15. The van der Waals surface area contributed by atoms with E-state index in [0.717, 1.165) is 23.4 Å². The van der Waals surface area contributed by atoms with E-state index in [2.05, 4.69) is 0 Å². The summed E-state index contributed by atoms with van der Waals surface area (Å²) in [6.07, 6.45) is 0.854. The first-order valence-corrected chi connectivity index (χ1v) is 6.81. The summed E-state index contributed by atoms with van der Waals surface area (Å²) in [4.78, 5) is 14.5. The molecule has 3 rings (SSSR count). The average Bonchev–Trinajstić information content (AvgIpc) is 2.91. The van der Waals surface area contributed by atoms with E-state index in [4.69, 9.17) is 9.47 Å². The van der Waals surface area contributed by atoms with Gasteiger partial charge in [-0.25, -0.2) is 0 Å². The van der Waals surface area contributed by atoms with Crippen LogP contribution in [0.15, 0.2) is 18.2 Å². The Labute approximate surface area is 113 Å². The fourth-order valence-electron chi connectivity index (χ4n) is 2.71. The van der Waals surface area contributed by atoms with Crippen LogP contribution in [0, 0.1) is 12.8 Å². The molecule has 0 unspecified atom stereocenters. The normalized spacial score (nSPS) is 25.9. The van der Waals surface area contributed by atoms with E-state index < -0.39 is 0 Å². The first kappa shape index (κ1) is 12.5. The summed E-state index contributed by atoms with van der Waals surface area (Å²) in [6, 6.07) is 5.99. The highest BCUT2D eigenvalue weighted by Gasteiger charge is 2.33. The van der Waals surface area contributed by atoms with Gasteiger partial charge in [0.15, 0.2) is 0 Å². The molecule has 0 spiro atoms. The molecule has 19 heavy (non-hydrogen) atoms. The smallest absolute Gasteiger partial charge is 0.232 e. The summed E-state index contributed by atoms with van der Waals surface area (Å²) in [7, 11) is 0. The lowest BCUT2D eigenvalue weighted by Gasteiger charge is -2.34. The second-order valence-corrected chi connectivity index (χ2v) is 5.41. The van der Waals surface area contributed by atoms with Gasteiger partial charge >= 0.3 is 0 Å². The van der Waals surface area contributed by atoms with Gasteiger partial charge in [-0.1, -0.05) is 6.07 Å². The molecule has 0 saturated carbocycles. The number of benzene rings is 1. The van der Waals surface area contributed by atoms with Gasteiger partial charge < -0.3 is 14.4 Å². The number of aryl methyl sites for hydroxylation is 1. The SMILES string of the molecule is Cc1ccc2c(c1)N(C(=O)[C@H]1CCOC1)C[C@@H](C)O2. The molecular weight excluding hydrogens is 242 g/mol. The fraction of sp³-hybridized carbons (Fsp3) is 0.533. The van der Waals surface area contributed by atoms with Crippen molar-refractivity contribution < 1.29 is 14.3 Å². The van der Waals surface area contributed by atoms with Crippen LogP contribution in [0.4, 0.5) is 5.69 Å². The third-order valence-electron chi connectivity index (χ3n) is 3.72. The monoisotopic (exact) mass is 261 g/mol. The number of ether oxygens (including phenoxy) is 2. The van der Waals surface area contributed by atoms with Gasteiger partial charge in [-0.2, -0.15) is 0 Å². The lowest BCUT2D eigenvalue weighted by atomic mass is 10.0. The number of carbonyl (C=O) groups excluding carboxylic acids is 1. The Bertz CT molecular complexity index is 494. The van der Waals surface area contributed by atoms with Crippen molar-refractivity contribution in [3.63, 3.8) is 0 Å². The highest BCUT2D eigenvalue weighted by Crippen LogP contribution is 2.35. The maximum absolute atomic E-state index is 12.6. The highest BCUT2D eigenvalue weighted by atomic mass is 16.5. The molecule has 0 aromatic heterocycles. The predicted octanol–water partition coefficient (Wildman–Crippen LogP) is 2.15. The van der Waals surface area contributed by atoms with E-state index in [-0.39, 0.29) is 17.9 Å². The lowest BCUT2D eigenvalue weighted by molar-refractivity contribution is -0.122. The number of amides is 1. The molecule has 0 radical (unpaired) electrons. The second kappa shape index (κ2) is 4.85. The van der Waals surface area contributed by atoms with Gasteiger partial charge in [-0.3, -0.25) is 4.79 Å². The maximum atomic E-state index is 12.6. The van der Waals surface area contributed by atoms with Crippen molar-refractivity contribution in [2.75, 3.05) is 24.7 Å². The topological polar surface area (TPSA) is 38.8 Å². The molecule has 2 atom stereocenters. The number of nitrogens with zero attached hydrogens (tertiary/aromatic N) is 1. The number of carbonyl (C=O) groups is 1. The van der Waals surface area contributed by atoms with Crippen LogP contribution in [-0.4, -0.2) is 31.8 Å². The molecule has 1 aromatic rings. The molecule has 2 aliphatic rings.